The van der Waals surface area contributed by atoms with Crippen molar-refractivity contribution in [2.45, 2.75) is 90.4 Å². The predicted octanol–water partition coefficient (Wildman–Crippen LogP) is 4.13. The molecule has 9 heteroatoms. The number of aromatic nitrogens is 2. The zero-order valence-corrected chi connectivity index (χ0v) is 20.8. The highest BCUT2D eigenvalue weighted by molar-refractivity contribution is 6.74. The maximum atomic E-state index is 13.0. The van der Waals surface area contributed by atoms with Crippen LogP contribution in [0.2, 0.25) is 18.1 Å². The summed E-state index contributed by atoms with van der Waals surface area (Å²) in [7, 11) is -0.669. The number of esters is 1. The van der Waals surface area contributed by atoms with Crippen LogP contribution >= 0.6 is 0 Å². The van der Waals surface area contributed by atoms with Crippen LogP contribution in [0.5, 0.6) is 0 Å². The van der Waals surface area contributed by atoms with E-state index in [9.17, 15) is 9.59 Å². The zero-order valence-electron chi connectivity index (χ0n) is 19.8. The number of likely N-dealkylation sites (tertiary alicyclic amines) is 1. The van der Waals surface area contributed by atoms with Gasteiger partial charge in [-0.05, 0) is 38.9 Å². The molecule has 1 fully saturated rings. The first-order valence-corrected chi connectivity index (χ1v) is 13.3. The maximum absolute atomic E-state index is 13.0. The molecule has 0 saturated carbocycles. The Balaban J connectivity index is 2.32. The van der Waals surface area contributed by atoms with Crippen LogP contribution < -0.4 is 0 Å². The summed E-state index contributed by atoms with van der Waals surface area (Å²) >= 11 is 0. The molecule has 2 heterocycles. The summed E-state index contributed by atoms with van der Waals surface area (Å²) in [5.74, 6) is 0.262. The van der Waals surface area contributed by atoms with Crippen molar-refractivity contribution in [3.05, 3.63) is 18.2 Å². The van der Waals surface area contributed by atoms with E-state index in [-0.39, 0.29) is 29.7 Å². The molecule has 1 aromatic heterocycles. The first-order chi connectivity index (χ1) is 13.6. The Labute approximate surface area is 181 Å². The summed E-state index contributed by atoms with van der Waals surface area (Å²) in [4.78, 5) is 30.9. The van der Waals surface area contributed by atoms with Crippen molar-refractivity contribution < 1.29 is 23.5 Å². The number of nitrogens with zero attached hydrogens (tertiary/aromatic N) is 3. The van der Waals surface area contributed by atoms with E-state index in [1.54, 1.807) is 21.9 Å². The lowest BCUT2D eigenvalue weighted by Gasteiger charge is -2.38. The SMILES string of the molecule is COC(=O)Cn1ccnc1[C@@H]1C[C@@H](O[Si](C)(C)C(C)(C)C)CN1C(=O)OC(C)(C)C. The third-order valence-electron chi connectivity index (χ3n) is 5.73. The van der Waals surface area contributed by atoms with Crippen molar-refractivity contribution in [2.24, 2.45) is 0 Å². The molecule has 0 spiro atoms. The Morgan fingerprint density at radius 1 is 1.20 bits per heavy atom. The van der Waals surface area contributed by atoms with Crippen molar-refractivity contribution in [2.75, 3.05) is 13.7 Å². The second kappa shape index (κ2) is 8.70. The number of imidazole rings is 1. The molecule has 2 atom stereocenters. The monoisotopic (exact) mass is 439 g/mol. The van der Waals surface area contributed by atoms with Crippen molar-refractivity contribution in [3.8, 4) is 0 Å². The van der Waals surface area contributed by atoms with E-state index in [0.717, 1.165) is 0 Å². The fourth-order valence-electron chi connectivity index (χ4n) is 3.20. The molecule has 1 aromatic rings. The zero-order chi connectivity index (χ0) is 22.9. The van der Waals surface area contributed by atoms with Gasteiger partial charge in [-0.2, -0.15) is 0 Å². The highest BCUT2D eigenvalue weighted by Gasteiger charge is 2.46. The van der Waals surface area contributed by atoms with Gasteiger partial charge in [0.25, 0.3) is 0 Å². The van der Waals surface area contributed by atoms with Gasteiger partial charge < -0.3 is 18.5 Å². The minimum atomic E-state index is -2.02. The minimum Gasteiger partial charge on any atom is -0.468 e. The van der Waals surface area contributed by atoms with E-state index in [1.807, 2.05) is 20.8 Å². The van der Waals surface area contributed by atoms with Crippen LogP contribution in [0.15, 0.2) is 12.4 Å². The third-order valence-corrected chi connectivity index (χ3v) is 10.3. The second-order valence-corrected chi connectivity index (χ2v) is 15.1. The smallest absolute Gasteiger partial charge is 0.411 e. The summed E-state index contributed by atoms with van der Waals surface area (Å²) in [6.45, 7) is 17.0. The molecule has 0 bridgehead atoms. The van der Waals surface area contributed by atoms with Crippen LogP contribution in [0.4, 0.5) is 4.79 Å². The van der Waals surface area contributed by atoms with Gasteiger partial charge in [0.15, 0.2) is 8.32 Å². The largest absolute Gasteiger partial charge is 0.468 e. The van der Waals surface area contributed by atoms with Crippen LogP contribution in [0, 0.1) is 0 Å². The Morgan fingerprint density at radius 2 is 1.83 bits per heavy atom. The summed E-state index contributed by atoms with van der Waals surface area (Å²) in [5.41, 5.74) is -0.610. The molecule has 8 nitrogen and oxygen atoms in total. The molecule has 0 unspecified atom stereocenters. The first-order valence-electron chi connectivity index (χ1n) is 10.4. The lowest BCUT2D eigenvalue weighted by atomic mass is 10.2. The van der Waals surface area contributed by atoms with Gasteiger partial charge in [0.05, 0.1) is 19.3 Å². The lowest BCUT2D eigenvalue weighted by Crippen LogP contribution is -2.45. The second-order valence-electron chi connectivity index (χ2n) is 10.4. The molecule has 170 valence electrons. The summed E-state index contributed by atoms with van der Waals surface area (Å²) in [6, 6.07) is -0.339. The molecule has 1 saturated heterocycles. The first kappa shape index (κ1) is 24.4. The van der Waals surface area contributed by atoms with E-state index in [2.05, 4.69) is 38.8 Å². The molecule has 0 aliphatic carbocycles. The van der Waals surface area contributed by atoms with E-state index in [1.165, 1.54) is 7.11 Å². The number of ether oxygens (including phenoxy) is 2. The molecule has 1 aliphatic heterocycles. The number of amides is 1. The summed E-state index contributed by atoms with van der Waals surface area (Å²) in [6.07, 6.45) is 3.44. The Hall–Kier alpha value is -1.87. The number of rotatable bonds is 5. The number of methoxy groups -OCH3 is 1. The van der Waals surface area contributed by atoms with Crippen molar-refractivity contribution in [3.63, 3.8) is 0 Å². The van der Waals surface area contributed by atoms with Gasteiger partial charge in [-0.1, -0.05) is 20.8 Å². The normalized spacial score (nSPS) is 20.4. The van der Waals surface area contributed by atoms with Crippen molar-refractivity contribution >= 4 is 20.4 Å². The molecular formula is C21H37N3O5Si. The Morgan fingerprint density at radius 3 is 2.37 bits per heavy atom. The number of hydrogen-bond acceptors (Lipinski definition) is 6. The van der Waals surface area contributed by atoms with E-state index < -0.39 is 20.0 Å². The van der Waals surface area contributed by atoms with Crippen LogP contribution in [-0.4, -0.2) is 60.2 Å². The van der Waals surface area contributed by atoms with E-state index >= 15 is 0 Å². The molecule has 1 amide bonds. The standard InChI is InChI=1S/C21H37N3O5Si/c1-20(2,3)28-19(26)24-13-15(29-30(8,9)21(4,5)6)12-16(24)18-22-10-11-23(18)14-17(25)27-7/h10-11,15-16H,12-14H2,1-9H3/t15-,16+/m1/s1. The molecule has 30 heavy (non-hydrogen) atoms. The Kier molecular flexibility index (Phi) is 7.08. The molecule has 1 aliphatic rings. The number of hydrogen-bond donors (Lipinski definition) is 0. The predicted molar refractivity (Wildman–Crippen MR) is 117 cm³/mol. The molecule has 0 radical (unpaired) electrons. The van der Waals surface area contributed by atoms with E-state index in [4.69, 9.17) is 13.9 Å². The maximum Gasteiger partial charge on any atom is 0.411 e. The van der Waals surface area contributed by atoms with Crippen molar-refractivity contribution in [1.82, 2.24) is 14.5 Å². The van der Waals surface area contributed by atoms with Crippen LogP contribution in [0.1, 0.15) is 59.8 Å². The fourth-order valence-corrected chi connectivity index (χ4v) is 4.56. The van der Waals surface area contributed by atoms with Crippen LogP contribution in [0.25, 0.3) is 0 Å². The van der Waals surface area contributed by atoms with Gasteiger partial charge in [-0.3, -0.25) is 9.69 Å². The quantitative estimate of drug-likeness (QED) is 0.507. The number of carbonyl (C=O) groups excluding carboxylic acids is 2. The average molecular weight is 440 g/mol. The van der Waals surface area contributed by atoms with Gasteiger partial charge in [0.2, 0.25) is 0 Å². The van der Waals surface area contributed by atoms with Gasteiger partial charge in [-0.25, -0.2) is 9.78 Å². The topological polar surface area (TPSA) is 82.9 Å². The molecular weight excluding hydrogens is 402 g/mol. The summed E-state index contributed by atoms with van der Waals surface area (Å²) in [5, 5.41) is 0.0607. The van der Waals surface area contributed by atoms with Gasteiger partial charge in [-0.15, -0.1) is 0 Å². The van der Waals surface area contributed by atoms with Gasteiger partial charge in [0.1, 0.15) is 18.0 Å². The summed E-state index contributed by atoms with van der Waals surface area (Å²) < 4.78 is 18.8. The van der Waals surface area contributed by atoms with Crippen LogP contribution in [-0.2, 0) is 25.2 Å². The molecule has 0 aromatic carbocycles. The molecule has 0 N–H and O–H groups in total. The van der Waals surface area contributed by atoms with Gasteiger partial charge in [0, 0.05) is 25.4 Å². The highest BCUT2D eigenvalue weighted by Crippen LogP contribution is 2.41. The average Bonchev–Trinajstić information content (AvgIpc) is 3.18. The number of carbonyl (C=O) groups is 2. The van der Waals surface area contributed by atoms with Crippen LogP contribution in [0.3, 0.4) is 0 Å². The highest BCUT2D eigenvalue weighted by atomic mass is 28.4. The molecule has 2 rings (SSSR count). The van der Waals surface area contributed by atoms with Crippen molar-refractivity contribution in [1.29, 1.82) is 0 Å². The fraction of sp³-hybridized carbons (Fsp3) is 0.762. The van der Waals surface area contributed by atoms with Gasteiger partial charge >= 0.3 is 12.1 Å². The minimum absolute atomic E-state index is 0.0399. The Bertz CT molecular complexity index is 763. The lowest BCUT2D eigenvalue weighted by molar-refractivity contribution is -0.141. The van der Waals surface area contributed by atoms with E-state index in [0.29, 0.717) is 18.8 Å². The third kappa shape index (κ3) is 5.84.